The molecule has 5 nitrogen and oxygen atoms in total. The zero-order valence-corrected chi connectivity index (χ0v) is 14.1. The van der Waals surface area contributed by atoms with Gasteiger partial charge in [-0.3, -0.25) is 0 Å². The van der Waals surface area contributed by atoms with Gasteiger partial charge in [-0.1, -0.05) is 35.9 Å². The molecule has 0 atom stereocenters. The van der Waals surface area contributed by atoms with Gasteiger partial charge in [0.15, 0.2) is 0 Å². The highest BCUT2D eigenvalue weighted by Gasteiger charge is 2.10. The number of fused-ring (bicyclic) bond motifs is 1. The number of nitrogens with one attached hydrogen (secondary N) is 3. The number of hydrogen-bond acceptors (Lipinski definition) is 3. The number of carbonyl (C=O) groups excluding carboxylic acids is 1. The lowest BCUT2D eigenvalue weighted by Crippen LogP contribution is -2.36. The van der Waals surface area contributed by atoms with Gasteiger partial charge in [0.2, 0.25) is 0 Å². The summed E-state index contributed by atoms with van der Waals surface area (Å²) in [6.45, 7) is 4.15. The third kappa shape index (κ3) is 4.47. The Kier molecular flexibility index (Phi) is 5.31. The molecule has 1 aliphatic heterocycles. The van der Waals surface area contributed by atoms with E-state index in [2.05, 4.69) is 39.1 Å². The van der Waals surface area contributed by atoms with Crippen molar-refractivity contribution in [2.24, 2.45) is 0 Å². The Balaban J connectivity index is 1.42. The Labute approximate surface area is 142 Å². The number of pyridine rings is 1. The van der Waals surface area contributed by atoms with Crippen molar-refractivity contribution in [2.75, 3.05) is 18.4 Å². The summed E-state index contributed by atoms with van der Waals surface area (Å²) in [5, 5.41) is 9.10. The zero-order chi connectivity index (χ0) is 16.8. The zero-order valence-electron chi connectivity index (χ0n) is 14.1. The van der Waals surface area contributed by atoms with Crippen LogP contribution in [0.25, 0.3) is 0 Å². The predicted molar refractivity (Wildman–Crippen MR) is 96.2 cm³/mol. The standard InChI is InChI=1S/C19H24N4O/c1-14-4-2-5-15(12-14)13-22-19(24)21-11-9-17-8-7-16-6-3-10-20-18(16)23-17/h2,4-5,7-8,12H,3,6,9-11,13H2,1H3,(H,20,23)(H2,21,22,24). The maximum atomic E-state index is 11.9. The van der Waals surface area contributed by atoms with Gasteiger partial charge in [0.25, 0.3) is 0 Å². The van der Waals surface area contributed by atoms with Crippen molar-refractivity contribution in [3.63, 3.8) is 0 Å². The van der Waals surface area contributed by atoms with Crippen molar-refractivity contribution < 1.29 is 4.79 Å². The van der Waals surface area contributed by atoms with Crippen LogP contribution in [0.1, 0.15) is 28.8 Å². The molecule has 3 rings (SSSR count). The number of rotatable bonds is 5. The molecule has 1 aromatic carbocycles. The Morgan fingerprint density at radius 2 is 2.17 bits per heavy atom. The summed E-state index contributed by atoms with van der Waals surface area (Å²) in [6, 6.07) is 12.2. The second-order valence-electron chi connectivity index (χ2n) is 6.19. The minimum Gasteiger partial charge on any atom is -0.370 e. The highest BCUT2D eigenvalue weighted by atomic mass is 16.2. The molecule has 1 aromatic heterocycles. The minimum atomic E-state index is -0.146. The fourth-order valence-corrected chi connectivity index (χ4v) is 2.88. The molecule has 0 fully saturated rings. The summed E-state index contributed by atoms with van der Waals surface area (Å²) in [4.78, 5) is 16.5. The first-order valence-corrected chi connectivity index (χ1v) is 8.50. The molecule has 0 saturated carbocycles. The summed E-state index contributed by atoms with van der Waals surface area (Å²) in [5.41, 5.74) is 4.59. The number of urea groups is 1. The number of carbonyl (C=O) groups is 1. The highest BCUT2D eigenvalue weighted by Crippen LogP contribution is 2.19. The van der Waals surface area contributed by atoms with Gasteiger partial charge in [-0.05, 0) is 37.0 Å². The summed E-state index contributed by atoms with van der Waals surface area (Å²) in [6.07, 6.45) is 2.98. The topological polar surface area (TPSA) is 66.0 Å². The van der Waals surface area contributed by atoms with Crippen LogP contribution in [0, 0.1) is 6.92 Å². The lowest BCUT2D eigenvalue weighted by atomic mass is 10.1. The quantitative estimate of drug-likeness (QED) is 0.792. The van der Waals surface area contributed by atoms with Crippen molar-refractivity contribution in [2.45, 2.75) is 32.7 Å². The van der Waals surface area contributed by atoms with Crippen LogP contribution in [-0.2, 0) is 19.4 Å². The number of aryl methyl sites for hydroxylation is 2. The summed E-state index contributed by atoms with van der Waals surface area (Å²) >= 11 is 0. The van der Waals surface area contributed by atoms with E-state index in [0.717, 1.165) is 42.9 Å². The molecule has 0 spiro atoms. The van der Waals surface area contributed by atoms with Crippen molar-refractivity contribution in [3.05, 3.63) is 58.8 Å². The number of hydrogen-bond donors (Lipinski definition) is 3. The number of anilines is 1. The van der Waals surface area contributed by atoms with E-state index in [4.69, 9.17) is 0 Å². The fourth-order valence-electron chi connectivity index (χ4n) is 2.88. The van der Waals surface area contributed by atoms with Crippen LogP contribution in [0.3, 0.4) is 0 Å². The molecule has 0 radical (unpaired) electrons. The van der Waals surface area contributed by atoms with Gasteiger partial charge >= 0.3 is 6.03 Å². The van der Waals surface area contributed by atoms with Gasteiger partial charge in [-0.25, -0.2) is 9.78 Å². The van der Waals surface area contributed by atoms with Crippen LogP contribution < -0.4 is 16.0 Å². The smallest absolute Gasteiger partial charge is 0.315 e. The van der Waals surface area contributed by atoms with Gasteiger partial charge in [0.1, 0.15) is 5.82 Å². The van der Waals surface area contributed by atoms with E-state index in [1.165, 1.54) is 11.1 Å². The van der Waals surface area contributed by atoms with Crippen molar-refractivity contribution in [3.8, 4) is 0 Å². The van der Waals surface area contributed by atoms with Gasteiger partial charge in [0, 0.05) is 31.7 Å². The van der Waals surface area contributed by atoms with E-state index < -0.39 is 0 Å². The fraction of sp³-hybridized carbons (Fsp3) is 0.368. The Hall–Kier alpha value is -2.56. The Morgan fingerprint density at radius 1 is 1.25 bits per heavy atom. The highest BCUT2D eigenvalue weighted by molar-refractivity contribution is 5.73. The largest absolute Gasteiger partial charge is 0.370 e. The summed E-state index contributed by atoms with van der Waals surface area (Å²) in [7, 11) is 0. The van der Waals surface area contributed by atoms with Gasteiger partial charge < -0.3 is 16.0 Å². The molecule has 126 valence electrons. The average Bonchev–Trinajstić information content (AvgIpc) is 2.60. The van der Waals surface area contributed by atoms with Crippen molar-refractivity contribution in [1.29, 1.82) is 0 Å². The molecule has 2 amide bonds. The van der Waals surface area contributed by atoms with Gasteiger partial charge in [-0.2, -0.15) is 0 Å². The number of amides is 2. The molecule has 0 aliphatic carbocycles. The molecule has 1 aliphatic rings. The first-order valence-electron chi connectivity index (χ1n) is 8.50. The van der Waals surface area contributed by atoms with Crippen molar-refractivity contribution >= 4 is 11.8 Å². The normalized spacial score (nSPS) is 12.9. The minimum absolute atomic E-state index is 0.146. The van der Waals surface area contributed by atoms with E-state index in [1.54, 1.807) is 0 Å². The van der Waals surface area contributed by atoms with Crippen LogP contribution in [0.4, 0.5) is 10.6 Å². The Morgan fingerprint density at radius 3 is 3.04 bits per heavy atom. The van der Waals surface area contributed by atoms with Crippen LogP contribution in [0.15, 0.2) is 36.4 Å². The molecular formula is C19H24N4O. The molecule has 5 heteroatoms. The Bertz CT molecular complexity index is 714. The van der Waals surface area contributed by atoms with Gasteiger partial charge in [0.05, 0.1) is 0 Å². The molecule has 0 bridgehead atoms. The van der Waals surface area contributed by atoms with E-state index >= 15 is 0 Å². The summed E-state index contributed by atoms with van der Waals surface area (Å²) in [5.74, 6) is 1.00. The lowest BCUT2D eigenvalue weighted by Gasteiger charge is -2.17. The predicted octanol–water partition coefficient (Wildman–Crippen LogP) is 2.79. The van der Waals surface area contributed by atoms with E-state index in [-0.39, 0.29) is 6.03 Å². The van der Waals surface area contributed by atoms with Crippen LogP contribution >= 0.6 is 0 Å². The number of aromatic nitrogens is 1. The van der Waals surface area contributed by atoms with Crippen LogP contribution in [0.5, 0.6) is 0 Å². The lowest BCUT2D eigenvalue weighted by molar-refractivity contribution is 0.240. The third-order valence-corrected chi connectivity index (χ3v) is 4.15. The van der Waals surface area contributed by atoms with E-state index in [0.29, 0.717) is 13.1 Å². The molecule has 3 N–H and O–H groups in total. The molecule has 24 heavy (non-hydrogen) atoms. The first kappa shape index (κ1) is 16.3. The monoisotopic (exact) mass is 324 g/mol. The first-order chi connectivity index (χ1) is 11.7. The van der Waals surface area contributed by atoms with Crippen LogP contribution in [0.2, 0.25) is 0 Å². The number of benzene rings is 1. The second kappa shape index (κ2) is 7.81. The van der Waals surface area contributed by atoms with E-state index in [9.17, 15) is 4.79 Å². The van der Waals surface area contributed by atoms with Gasteiger partial charge in [-0.15, -0.1) is 0 Å². The third-order valence-electron chi connectivity index (χ3n) is 4.15. The SMILES string of the molecule is Cc1cccc(CNC(=O)NCCc2ccc3c(n2)NCCC3)c1. The molecule has 0 unspecified atom stereocenters. The van der Waals surface area contributed by atoms with Crippen LogP contribution in [-0.4, -0.2) is 24.1 Å². The summed E-state index contributed by atoms with van der Waals surface area (Å²) < 4.78 is 0. The number of nitrogens with zero attached hydrogens (tertiary/aromatic N) is 1. The molecule has 2 aromatic rings. The second-order valence-corrected chi connectivity index (χ2v) is 6.19. The van der Waals surface area contributed by atoms with E-state index in [1.807, 2.05) is 25.1 Å². The molecular weight excluding hydrogens is 300 g/mol. The maximum Gasteiger partial charge on any atom is 0.315 e. The van der Waals surface area contributed by atoms with Crippen molar-refractivity contribution in [1.82, 2.24) is 15.6 Å². The maximum absolute atomic E-state index is 11.9. The molecule has 2 heterocycles. The average molecular weight is 324 g/mol. The molecule has 0 saturated heterocycles.